The van der Waals surface area contributed by atoms with Crippen LogP contribution in [0.3, 0.4) is 0 Å². The predicted octanol–water partition coefficient (Wildman–Crippen LogP) is 1.43. The van der Waals surface area contributed by atoms with Gasteiger partial charge in [0.15, 0.2) is 11.6 Å². The van der Waals surface area contributed by atoms with E-state index in [9.17, 15) is 23.2 Å². The minimum Gasteiger partial charge on any atom is -0.450 e. The van der Waals surface area contributed by atoms with Gasteiger partial charge < -0.3 is 20.3 Å². The first-order valence-corrected chi connectivity index (χ1v) is 8.35. The Labute approximate surface area is 149 Å². The molecule has 1 heterocycles. The van der Waals surface area contributed by atoms with E-state index in [0.29, 0.717) is 32.5 Å². The van der Waals surface area contributed by atoms with Crippen molar-refractivity contribution in [2.45, 2.75) is 25.8 Å². The van der Waals surface area contributed by atoms with E-state index in [-0.39, 0.29) is 24.2 Å². The van der Waals surface area contributed by atoms with Crippen LogP contribution in [-0.2, 0) is 9.53 Å². The van der Waals surface area contributed by atoms with Crippen LogP contribution in [0.25, 0.3) is 0 Å². The third-order valence-corrected chi connectivity index (χ3v) is 3.98. The minimum atomic E-state index is -1.13. The van der Waals surface area contributed by atoms with Crippen molar-refractivity contribution in [1.82, 2.24) is 15.5 Å². The molecule has 2 rings (SSSR count). The first-order valence-electron chi connectivity index (χ1n) is 8.35. The lowest BCUT2D eigenvalue weighted by molar-refractivity contribution is -0.121. The maximum Gasteiger partial charge on any atom is 0.409 e. The van der Waals surface area contributed by atoms with Gasteiger partial charge in [-0.15, -0.1) is 0 Å². The maximum absolute atomic E-state index is 13.1. The van der Waals surface area contributed by atoms with Crippen LogP contribution >= 0.6 is 0 Å². The second-order valence-corrected chi connectivity index (χ2v) is 5.84. The SMILES string of the molecule is CCOC(=O)N1CCC(NC(=O)CNC(=O)c2ccc(F)c(F)c2)CC1. The summed E-state index contributed by atoms with van der Waals surface area (Å²) < 4.78 is 30.9. The van der Waals surface area contributed by atoms with Gasteiger partial charge in [-0.3, -0.25) is 9.59 Å². The second kappa shape index (κ2) is 9.12. The molecule has 0 aromatic heterocycles. The Bertz CT molecular complexity index is 676. The summed E-state index contributed by atoms with van der Waals surface area (Å²) in [5.74, 6) is -3.24. The molecule has 26 heavy (non-hydrogen) atoms. The Morgan fingerprint density at radius 3 is 2.50 bits per heavy atom. The molecule has 0 radical (unpaired) electrons. The first-order chi connectivity index (χ1) is 12.4. The smallest absolute Gasteiger partial charge is 0.409 e. The molecule has 1 saturated heterocycles. The third-order valence-electron chi connectivity index (χ3n) is 3.98. The summed E-state index contributed by atoms with van der Waals surface area (Å²) in [4.78, 5) is 37.0. The molecule has 9 heteroatoms. The van der Waals surface area contributed by atoms with Crippen molar-refractivity contribution >= 4 is 17.9 Å². The Morgan fingerprint density at radius 2 is 1.88 bits per heavy atom. The van der Waals surface area contributed by atoms with Crippen LogP contribution in [0, 0.1) is 11.6 Å². The number of piperidine rings is 1. The van der Waals surface area contributed by atoms with Crippen molar-refractivity contribution in [3.8, 4) is 0 Å². The highest BCUT2D eigenvalue weighted by Gasteiger charge is 2.24. The predicted molar refractivity (Wildman–Crippen MR) is 88.5 cm³/mol. The lowest BCUT2D eigenvalue weighted by atomic mass is 10.1. The molecule has 3 amide bonds. The highest BCUT2D eigenvalue weighted by molar-refractivity contribution is 5.96. The second-order valence-electron chi connectivity index (χ2n) is 5.84. The number of ether oxygens (including phenoxy) is 1. The molecule has 0 bridgehead atoms. The Morgan fingerprint density at radius 1 is 1.19 bits per heavy atom. The molecule has 0 atom stereocenters. The number of nitrogens with one attached hydrogen (secondary N) is 2. The summed E-state index contributed by atoms with van der Waals surface area (Å²) in [5, 5.41) is 5.13. The normalized spacial score (nSPS) is 14.7. The van der Waals surface area contributed by atoms with Crippen LogP contribution in [0.5, 0.6) is 0 Å². The fraction of sp³-hybridized carbons (Fsp3) is 0.471. The molecule has 1 aromatic rings. The fourth-order valence-corrected chi connectivity index (χ4v) is 2.60. The standard InChI is InChI=1S/C17H21F2N3O4/c1-2-26-17(25)22-7-5-12(6-8-22)21-15(23)10-20-16(24)11-3-4-13(18)14(19)9-11/h3-4,9,12H,2,5-8,10H2,1H3,(H,20,24)(H,21,23). The van der Waals surface area contributed by atoms with E-state index in [1.165, 1.54) is 0 Å². The number of amides is 3. The number of benzene rings is 1. The van der Waals surface area contributed by atoms with Crippen molar-refractivity contribution in [1.29, 1.82) is 0 Å². The van der Waals surface area contributed by atoms with Crippen LogP contribution in [0.1, 0.15) is 30.1 Å². The molecule has 1 fully saturated rings. The Hall–Kier alpha value is -2.71. The van der Waals surface area contributed by atoms with Gasteiger partial charge in [0, 0.05) is 24.7 Å². The summed E-state index contributed by atoms with van der Waals surface area (Å²) >= 11 is 0. The van der Waals surface area contributed by atoms with Crippen molar-refractivity contribution in [3.05, 3.63) is 35.4 Å². The topological polar surface area (TPSA) is 87.7 Å². The molecule has 1 aliphatic heterocycles. The zero-order valence-electron chi connectivity index (χ0n) is 14.4. The molecule has 0 spiro atoms. The Kier molecular flexibility index (Phi) is 6.88. The van der Waals surface area contributed by atoms with Crippen molar-refractivity contribution in [2.75, 3.05) is 26.2 Å². The zero-order valence-corrected chi connectivity index (χ0v) is 14.4. The maximum atomic E-state index is 13.1. The number of nitrogens with zero attached hydrogens (tertiary/aromatic N) is 1. The van der Waals surface area contributed by atoms with Gasteiger partial charge in [0.1, 0.15) is 0 Å². The zero-order chi connectivity index (χ0) is 19.1. The van der Waals surface area contributed by atoms with Crippen LogP contribution in [0.15, 0.2) is 18.2 Å². The average Bonchev–Trinajstić information content (AvgIpc) is 2.62. The molecular formula is C17H21F2N3O4. The van der Waals surface area contributed by atoms with Crippen molar-refractivity contribution in [3.63, 3.8) is 0 Å². The van der Waals surface area contributed by atoms with Gasteiger partial charge in [0.2, 0.25) is 5.91 Å². The van der Waals surface area contributed by atoms with Gasteiger partial charge in [-0.1, -0.05) is 0 Å². The lowest BCUT2D eigenvalue weighted by Crippen LogP contribution is -2.48. The highest BCUT2D eigenvalue weighted by atomic mass is 19.2. The molecule has 1 aliphatic rings. The number of rotatable bonds is 5. The monoisotopic (exact) mass is 369 g/mol. The summed E-state index contributed by atoms with van der Waals surface area (Å²) in [6.07, 6.45) is 0.805. The number of hydrogen-bond acceptors (Lipinski definition) is 4. The van der Waals surface area contributed by atoms with Gasteiger partial charge in [0.25, 0.3) is 5.91 Å². The fourth-order valence-electron chi connectivity index (χ4n) is 2.60. The van der Waals surface area contributed by atoms with E-state index >= 15 is 0 Å². The number of carbonyl (C=O) groups excluding carboxylic acids is 3. The van der Waals surface area contributed by atoms with Crippen LogP contribution in [0.2, 0.25) is 0 Å². The summed E-state index contributed by atoms with van der Waals surface area (Å²) in [6, 6.07) is 2.65. The molecule has 0 saturated carbocycles. The number of halogens is 2. The third kappa shape index (κ3) is 5.40. The van der Waals surface area contributed by atoms with E-state index in [0.717, 1.165) is 18.2 Å². The average molecular weight is 369 g/mol. The van der Waals surface area contributed by atoms with Gasteiger partial charge in [-0.25, -0.2) is 13.6 Å². The van der Waals surface area contributed by atoms with E-state index in [4.69, 9.17) is 4.74 Å². The lowest BCUT2D eigenvalue weighted by Gasteiger charge is -2.31. The molecule has 142 valence electrons. The highest BCUT2D eigenvalue weighted by Crippen LogP contribution is 2.11. The van der Waals surface area contributed by atoms with Crippen LogP contribution in [0.4, 0.5) is 13.6 Å². The molecule has 2 N–H and O–H groups in total. The molecule has 0 unspecified atom stereocenters. The van der Waals surface area contributed by atoms with Crippen molar-refractivity contribution < 1.29 is 27.9 Å². The molecule has 1 aromatic carbocycles. The number of likely N-dealkylation sites (tertiary alicyclic amines) is 1. The van der Waals surface area contributed by atoms with Gasteiger partial charge in [0.05, 0.1) is 13.2 Å². The molecule has 0 aliphatic carbocycles. The van der Waals surface area contributed by atoms with E-state index in [1.807, 2.05) is 0 Å². The quantitative estimate of drug-likeness (QED) is 0.822. The van der Waals surface area contributed by atoms with E-state index in [2.05, 4.69) is 10.6 Å². The first kappa shape index (κ1) is 19.6. The minimum absolute atomic E-state index is 0.0700. The number of carbonyl (C=O) groups is 3. The molecular weight excluding hydrogens is 348 g/mol. The Balaban J connectivity index is 1.73. The largest absolute Gasteiger partial charge is 0.450 e. The van der Waals surface area contributed by atoms with Crippen LogP contribution < -0.4 is 10.6 Å². The van der Waals surface area contributed by atoms with Crippen molar-refractivity contribution in [2.24, 2.45) is 0 Å². The number of hydrogen-bond donors (Lipinski definition) is 2. The van der Waals surface area contributed by atoms with Crippen LogP contribution in [-0.4, -0.2) is 55.1 Å². The molecule has 7 nitrogen and oxygen atoms in total. The van der Waals surface area contributed by atoms with Gasteiger partial charge in [-0.2, -0.15) is 0 Å². The summed E-state index contributed by atoms with van der Waals surface area (Å²) in [7, 11) is 0. The summed E-state index contributed by atoms with van der Waals surface area (Å²) in [6.45, 7) is 2.72. The van der Waals surface area contributed by atoms with E-state index < -0.39 is 23.4 Å². The van der Waals surface area contributed by atoms with Gasteiger partial charge in [-0.05, 0) is 38.0 Å². The summed E-state index contributed by atoms with van der Waals surface area (Å²) in [5.41, 5.74) is -0.0700. The van der Waals surface area contributed by atoms with Gasteiger partial charge >= 0.3 is 6.09 Å². The van der Waals surface area contributed by atoms with E-state index in [1.54, 1.807) is 11.8 Å².